The monoisotopic (exact) mass is 158 g/mol. The minimum Gasteiger partial charge on any atom is -0.396 e. The third kappa shape index (κ3) is 2.80. The Hall–Kier alpha value is -0.0800. The van der Waals surface area contributed by atoms with E-state index in [0.717, 1.165) is 12.3 Å². The summed E-state index contributed by atoms with van der Waals surface area (Å²) in [5.41, 5.74) is 0. The summed E-state index contributed by atoms with van der Waals surface area (Å²) in [6.45, 7) is 0.350. The lowest BCUT2D eigenvalue weighted by Gasteiger charge is -2.26. The lowest BCUT2D eigenvalue weighted by molar-refractivity contribution is 0.0526. The van der Waals surface area contributed by atoms with Crippen LogP contribution < -0.4 is 0 Å². The first kappa shape index (κ1) is 9.01. The molecule has 11 heavy (non-hydrogen) atoms. The fourth-order valence-corrected chi connectivity index (χ4v) is 1.84. The third-order valence-electron chi connectivity index (χ3n) is 2.66. The maximum atomic E-state index is 8.71. The molecule has 0 saturated heterocycles. The molecule has 0 bridgehead atoms. The molecule has 1 fully saturated rings. The summed E-state index contributed by atoms with van der Waals surface area (Å²) in [5, 5.41) is 8.71. The molecule has 0 amide bonds. The van der Waals surface area contributed by atoms with Crippen LogP contribution in [0.5, 0.6) is 0 Å². The standard InChI is InChI=1S/C9H18O2/c1-11-9-4-2-8(3-5-9)6-7-10/h8-10H,2-7H2,1H3. The minimum atomic E-state index is 0.350. The molecule has 1 aliphatic carbocycles. The van der Waals surface area contributed by atoms with Crippen molar-refractivity contribution in [2.24, 2.45) is 5.92 Å². The zero-order valence-corrected chi connectivity index (χ0v) is 7.25. The molecule has 1 saturated carbocycles. The molecule has 0 unspecified atom stereocenters. The molecule has 2 heteroatoms. The van der Waals surface area contributed by atoms with E-state index in [0.29, 0.717) is 12.7 Å². The SMILES string of the molecule is COC1CCC(CCO)CC1. The van der Waals surface area contributed by atoms with Gasteiger partial charge in [0.05, 0.1) is 6.10 Å². The highest BCUT2D eigenvalue weighted by atomic mass is 16.5. The third-order valence-corrected chi connectivity index (χ3v) is 2.66. The summed E-state index contributed by atoms with van der Waals surface area (Å²) in [5.74, 6) is 0.756. The van der Waals surface area contributed by atoms with Gasteiger partial charge in [0.1, 0.15) is 0 Å². The molecule has 1 rings (SSSR count). The van der Waals surface area contributed by atoms with Crippen molar-refractivity contribution in [3.05, 3.63) is 0 Å². The highest BCUT2D eigenvalue weighted by molar-refractivity contribution is 4.71. The normalized spacial score (nSPS) is 32.2. The van der Waals surface area contributed by atoms with Gasteiger partial charge in [-0.05, 0) is 38.0 Å². The predicted octanol–water partition coefficient (Wildman–Crippen LogP) is 1.57. The van der Waals surface area contributed by atoms with Crippen LogP contribution in [0.15, 0.2) is 0 Å². The number of methoxy groups -OCH3 is 1. The molecule has 0 aromatic rings. The quantitative estimate of drug-likeness (QED) is 0.675. The first-order valence-electron chi connectivity index (χ1n) is 4.50. The van der Waals surface area contributed by atoms with Crippen molar-refractivity contribution in [1.82, 2.24) is 0 Å². The van der Waals surface area contributed by atoms with Gasteiger partial charge < -0.3 is 9.84 Å². The maximum Gasteiger partial charge on any atom is 0.0571 e. The molecule has 0 aromatic carbocycles. The fraction of sp³-hybridized carbons (Fsp3) is 1.00. The number of hydrogen-bond donors (Lipinski definition) is 1. The first-order valence-corrected chi connectivity index (χ1v) is 4.50. The van der Waals surface area contributed by atoms with Crippen LogP contribution in [0, 0.1) is 5.92 Å². The van der Waals surface area contributed by atoms with E-state index in [1.165, 1.54) is 25.7 Å². The zero-order chi connectivity index (χ0) is 8.10. The van der Waals surface area contributed by atoms with E-state index in [-0.39, 0.29) is 0 Å². The van der Waals surface area contributed by atoms with E-state index in [4.69, 9.17) is 9.84 Å². The lowest BCUT2D eigenvalue weighted by atomic mass is 9.85. The van der Waals surface area contributed by atoms with Crippen molar-refractivity contribution in [3.8, 4) is 0 Å². The Kier molecular flexibility index (Phi) is 3.87. The Morgan fingerprint density at radius 2 is 1.91 bits per heavy atom. The number of ether oxygens (including phenoxy) is 1. The predicted molar refractivity (Wildman–Crippen MR) is 44.5 cm³/mol. The van der Waals surface area contributed by atoms with Crippen molar-refractivity contribution >= 4 is 0 Å². The summed E-state index contributed by atoms with van der Waals surface area (Å²) in [4.78, 5) is 0. The largest absolute Gasteiger partial charge is 0.396 e. The summed E-state index contributed by atoms with van der Waals surface area (Å²) in [6, 6.07) is 0. The Morgan fingerprint density at radius 3 is 2.36 bits per heavy atom. The second kappa shape index (κ2) is 4.73. The van der Waals surface area contributed by atoms with Gasteiger partial charge in [-0.15, -0.1) is 0 Å². The van der Waals surface area contributed by atoms with E-state index in [1.54, 1.807) is 7.11 Å². The second-order valence-corrected chi connectivity index (χ2v) is 3.39. The van der Waals surface area contributed by atoms with E-state index >= 15 is 0 Å². The van der Waals surface area contributed by atoms with Crippen molar-refractivity contribution in [3.63, 3.8) is 0 Å². The van der Waals surface area contributed by atoms with Gasteiger partial charge in [0.2, 0.25) is 0 Å². The topological polar surface area (TPSA) is 29.5 Å². The van der Waals surface area contributed by atoms with Crippen LogP contribution in [0.3, 0.4) is 0 Å². The van der Waals surface area contributed by atoms with Gasteiger partial charge >= 0.3 is 0 Å². The summed E-state index contributed by atoms with van der Waals surface area (Å²) in [6.07, 6.45) is 6.31. The van der Waals surface area contributed by atoms with Crippen molar-refractivity contribution in [2.75, 3.05) is 13.7 Å². The molecule has 0 radical (unpaired) electrons. The van der Waals surface area contributed by atoms with Crippen LogP contribution >= 0.6 is 0 Å². The van der Waals surface area contributed by atoms with Crippen LogP contribution in [0.25, 0.3) is 0 Å². The molecule has 0 heterocycles. The number of aliphatic hydroxyl groups is 1. The van der Waals surface area contributed by atoms with Crippen molar-refractivity contribution < 1.29 is 9.84 Å². The molecule has 1 aliphatic rings. The molecule has 2 nitrogen and oxygen atoms in total. The van der Waals surface area contributed by atoms with Gasteiger partial charge in [-0.1, -0.05) is 0 Å². The van der Waals surface area contributed by atoms with Crippen molar-refractivity contribution in [2.45, 2.75) is 38.2 Å². The number of hydrogen-bond acceptors (Lipinski definition) is 2. The van der Waals surface area contributed by atoms with Gasteiger partial charge in [0.25, 0.3) is 0 Å². The molecule has 0 aliphatic heterocycles. The summed E-state index contributed by atoms with van der Waals surface area (Å²) >= 11 is 0. The Labute approximate surface area is 68.6 Å². The minimum absolute atomic E-state index is 0.350. The Morgan fingerprint density at radius 1 is 1.27 bits per heavy atom. The van der Waals surface area contributed by atoms with Crippen LogP contribution in [0.4, 0.5) is 0 Å². The summed E-state index contributed by atoms with van der Waals surface area (Å²) in [7, 11) is 1.79. The average Bonchev–Trinajstić information content (AvgIpc) is 2.07. The molecular formula is C9H18O2. The zero-order valence-electron chi connectivity index (χ0n) is 7.25. The second-order valence-electron chi connectivity index (χ2n) is 3.39. The fourth-order valence-electron chi connectivity index (χ4n) is 1.84. The summed E-state index contributed by atoms with van der Waals surface area (Å²) < 4.78 is 5.26. The highest BCUT2D eigenvalue weighted by Crippen LogP contribution is 2.27. The molecular weight excluding hydrogens is 140 g/mol. The van der Waals surface area contributed by atoms with E-state index in [1.807, 2.05) is 0 Å². The lowest BCUT2D eigenvalue weighted by Crippen LogP contribution is -2.20. The van der Waals surface area contributed by atoms with E-state index < -0.39 is 0 Å². The first-order chi connectivity index (χ1) is 5.36. The highest BCUT2D eigenvalue weighted by Gasteiger charge is 2.19. The molecule has 0 aromatic heterocycles. The van der Waals surface area contributed by atoms with Gasteiger partial charge in [-0.3, -0.25) is 0 Å². The van der Waals surface area contributed by atoms with Crippen LogP contribution in [-0.4, -0.2) is 24.9 Å². The van der Waals surface area contributed by atoms with Crippen LogP contribution in [-0.2, 0) is 4.74 Å². The van der Waals surface area contributed by atoms with Gasteiger partial charge in [0, 0.05) is 13.7 Å². The smallest absolute Gasteiger partial charge is 0.0571 e. The number of rotatable bonds is 3. The Balaban J connectivity index is 2.14. The molecule has 1 N–H and O–H groups in total. The van der Waals surface area contributed by atoms with Gasteiger partial charge in [0.15, 0.2) is 0 Å². The van der Waals surface area contributed by atoms with E-state index in [9.17, 15) is 0 Å². The van der Waals surface area contributed by atoms with E-state index in [2.05, 4.69) is 0 Å². The van der Waals surface area contributed by atoms with Gasteiger partial charge in [-0.25, -0.2) is 0 Å². The van der Waals surface area contributed by atoms with Crippen LogP contribution in [0.2, 0.25) is 0 Å². The molecule has 0 spiro atoms. The Bertz CT molecular complexity index is 95.7. The number of aliphatic hydroxyl groups excluding tert-OH is 1. The van der Waals surface area contributed by atoms with Gasteiger partial charge in [-0.2, -0.15) is 0 Å². The van der Waals surface area contributed by atoms with Crippen molar-refractivity contribution in [1.29, 1.82) is 0 Å². The molecule has 0 atom stereocenters. The molecule has 66 valence electrons. The maximum absolute atomic E-state index is 8.71. The van der Waals surface area contributed by atoms with Crippen LogP contribution in [0.1, 0.15) is 32.1 Å². The average molecular weight is 158 g/mol.